The Morgan fingerprint density at radius 2 is 2.11 bits per heavy atom. The molecule has 0 aromatic heterocycles. The smallest absolute Gasteiger partial charge is 0.191 e. The summed E-state index contributed by atoms with van der Waals surface area (Å²) in [5.74, 6) is 0.951. The lowest BCUT2D eigenvalue weighted by Crippen LogP contribution is -2.56. The highest BCUT2D eigenvalue weighted by molar-refractivity contribution is 5.81. The van der Waals surface area contributed by atoms with Gasteiger partial charge in [-0.1, -0.05) is 0 Å². The van der Waals surface area contributed by atoms with Crippen molar-refractivity contribution in [2.75, 3.05) is 33.3 Å². The van der Waals surface area contributed by atoms with Crippen molar-refractivity contribution in [1.82, 2.24) is 15.5 Å². The fourth-order valence-corrected chi connectivity index (χ4v) is 2.77. The van der Waals surface area contributed by atoms with Crippen LogP contribution in [0.25, 0.3) is 0 Å². The number of rotatable bonds is 4. The number of hydrogen-bond acceptors (Lipinski definition) is 5. The number of guanidine groups is 1. The third-order valence-electron chi connectivity index (χ3n) is 4.23. The maximum absolute atomic E-state index is 5.43. The second-order valence-electron chi connectivity index (χ2n) is 6.32. The number of hydrogen-bond donors (Lipinski definition) is 2. The zero-order valence-electron chi connectivity index (χ0n) is 12.7. The molecule has 2 rings (SSSR count). The summed E-state index contributed by atoms with van der Waals surface area (Å²) in [6, 6.07) is 0.461. The minimum atomic E-state index is 0.148. The first kappa shape index (κ1) is 14.6. The van der Waals surface area contributed by atoms with Gasteiger partial charge in [-0.2, -0.15) is 0 Å². The summed E-state index contributed by atoms with van der Waals surface area (Å²) >= 11 is 0. The Morgan fingerprint density at radius 1 is 1.42 bits per heavy atom. The van der Waals surface area contributed by atoms with Crippen LogP contribution in [0.15, 0.2) is 4.99 Å². The first-order valence-corrected chi connectivity index (χ1v) is 7.34. The number of aliphatic imine (C=N–C) groups is 1. The van der Waals surface area contributed by atoms with Crippen LogP contribution in [-0.2, 0) is 4.74 Å². The first-order valence-electron chi connectivity index (χ1n) is 7.34. The molecule has 1 saturated heterocycles. The Bertz CT molecular complexity index is 321. The molecule has 0 aliphatic carbocycles. The molecule has 1 fully saturated rings. The maximum atomic E-state index is 5.43. The van der Waals surface area contributed by atoms with Gasteiger partial charge >= 0.3 is 0 Å². The largest absolute Gasteiger partial charge is 0.381 e. The van der Waals surface area contributed by atoms with Gasteiger partial charge in [0.1, 0.15) is 0 Å². The lowest BCUT2D eigenvalue weighted by molar-refractivity contribution is 0.00780. The van der Waals surface area contributed by atoms with Crippen molar-refractivity contribution >= 4 is 5.96 Å². The number of piperidine rings is 1. The van der Waals surface area contributed by atoms with Crippen LogP contribution in [0, 0.1) is 0 Å². The van der Waals surface area contributed by atoms with Crippen molar-refractivity contribution in [2.24, 2.45) is 4.99 Å². The molecule has 0 spiro atoms. The Kier molecular flexibility index (Phi) is 4.68. The van der Waals surface area contributed by atoms with E-state index in [9.17, 15) is 0 Å². The molecule has 0 aromatic carbocycles. The average molecular weight is 268 g/mol. The van der Waals surface area contributed by atoms with E-state index in [1.807, 2.05) is 7.11 Å². The molecule has 0 radical (unpaired) electrons. The molecule has 1 unspecified atom stereocenters. The third-order valence-corrected chi connectivity index (χ3v) is 4.23. The van der Waals surface area contributed by atoms with Gasteiger partial charge in [-0.05, 0) is 33.6 Å². The molecule has 5 heteroatoms. The minimum Gasteiger partial charge on any atom is -0.381 e. The van der Waals surface area contributed by atoms with Crippen LogP contribution in [0.4, 0.5) is 0 Å². The summed E-state index contributed by atoms with van der Waals surface area (Å²) in [4.78, 5) is 7.00. The number of nitrogens with zero attached hydrogens (tertiary/aromatic N) is 2. The SMILES string of the molecule is COC1CCN(C(C)(C)CNC2=NCC(C)N2)CC1. The zero-order valence-corrected chi connectivity index (χ0v) is 12.7. The van der Waals surface area contributed by atoms with Crippen molar-refractivity contribution in [3.63, 3.8) is 0 Å². The molecule has 1 atom stereocenters. The summed E-state index contributed by atoms with van der Waals surface area (Å²) < 4.78 is 5.43. The van der Waals surface area contributed by atoms with Crippen molar-refractivity contribution in [1.29, 1.82) is 0 Å². The summed E-state index contributed by atoms with van der Waals surface area (Å²) in [5.41, 5.74) is 0.148. The molecule has 2 aliphatic rings. The summed E-state index contributed by atoms with van der Waals surface area (Å²) in [6.07, 6.45) is 2.72. The van der Waals surface area contributed by atoms with E-state index in [0.29, 0.717) is 12.1 Å². The standard InChI is InChI=1S/C14H28N4O/c1-11-9-15-13(17-11)16-10-14(2,3)18-7-5-12(19-4)6-8-18/h11-12H,5-10H2,1-4H3,(H2,15,16,17). The number of ether oxygens (including phenoxy) is 1. The fourth-order valence-electron chi connectivity index (χ4n) is 2.77. The molecule has 2 heterocycles. The fraction of sp³-hybridized carbons (Fsp3) is 0.929. The molecule has 0 bridgehead atoms. The van der Waals surface area contributed by atoms with Gasteiger partial charge in [0, 0.05) is 38.3 Å². The van der Waals surface area contributed by atoms with Gasteiger partial charge in [-0.25, -0.2) is 0 Å². The third kappa shape index (κ3) is 3.83. The van der Waals surface area contributed by atoms with Crippen molar-refractivity contribution < 1.29 is 4.74 Å². The number of nitrogens with one attached hydrogen (secondary N) is 2. The maximum Gasteiger partial charge on any atom is 0.191 e. The molecular weight excluding hydrogens is 240 g/mol. The minimum absolute atomic E-state index is 0.148. The van der Waals surface area contributed by atoms with Crippen molar-refractivity contribution in [3.05, 3.63) is 0 Å². The number of likely N-dealkylation sites (tertiary alicyclic amines) is 1. The van der Waals surface area contributed by atoms with E-state index in [4.69, 9.17) is 4.74 Å². The second kappa shape index (κ2) is 6.09. The van der Waals surface area contributed by atoms with Crippen LogP contribution < -0.4 is 10.6 Å². The quantitative estimate of drug-likeness (QED) is 0.792. The van der Waals surface area contributed by atoms with Crippen LogP contribution in [0.5, 0.6) is 0 Å². The zero-order chi connectivity index (χ0) is 13.9. The van der Waals surface area contributed by atoms with Crippen molar-refractivity contribution in [3.8, 4) is 0 Å². The lowest BCUT2D eigenvalue weighted by atomic mass is 9.97. The average Bonchev–Trinajstić information content (AvgIpc) is 2.82. The van der Waals surface area contributed by atoms with E-state index < -0.39 is 0 Å². The Morgan fingerprint density at radius 3 is 2.63 bits per heavy atom. The van der Waals surface area contributed by atoms with Gasteiger partial charge in [-0.3, -0.25) is 9.89 Å². The van der Waals surface area contributed by atoms with E-state index in [-0.39, 0.29) is 5.54 Å². The summed E-state index contributed by atoms with van der Waals surface area (Å²) in [5, 5.41) is 6.79. The van der Waals surface area contributed by atoms with Crippen LogP contribution in [0.1, 0.15) is 33.6 Å². The van der Waals surface area contributed by atoms with Gasteiger partial charge in [0.15, 0.2) is 5.96 Å². The molecule has 0 amide bonds. The topological polar surface area (TPSA) is 48.9 Å². The van der Waals surface area contributed by atoms with Crippen LogP contribution in [0.2, 0.25) is 0 Å². The van der Waals surface area contributed by atoms with E-state index in [2.05, 4.69) is 41.3 Å². The highest BCUT2D eigenvalue weighted by Crippen LogP contribution is 2.21. The first-order chi connectivity index (χ1) is 9.01. The molecule has 2 N–H and O–H groups in total. The van der Waals surface area contributed by atoms with E-state index in [1.54, 1.807) is 0 Å². The van der Waals surface area contributed by atoms with Gasteiger partial charge in [-0.15, -0.1) is 0 Å². The lowest BCUT2D eigenvalue weighted by Gasteiger charge is -2.42. The molecule has 110 valence electrons. The normalized spacial score (nSPS) is 26.1. The number of methoxy groups -OCH3 is 1. The highest BCUT2D eigenvalue weighted by Gasteiger charge is 2.31. The second-order valence-corrected chi connectivity index (χ2v) is 6.32. The van der Waals surface area contributed by atoms with Crippen LogP contribution in [0.3, 0.4) is 0 Å². The van der Waals surface area contributed by atoms with E-state index in [0.717, 1.165) is 45.0 Å². The van der Waals surface area contributed by atoms with Crippen LogP contribution in [-0.4, -0.2) is 61.8 Å². The van der Waals surface area contributed by atoms with E-state index >= 15 is 0 Å². The molecule has 19 heavy (non-hydrogen) atoms. The Balaban J connectivity index is 1.78. The molecule has 0 saturated carbocycles. The predicted molar refractivity (Wildman–Crippen MR) is 78.6 cm³/mol. The van der Waals surface area contributed by atoms with Gasteiger partial charge in [0.05, 0.1) is 12.6 Å². The Hall–Kier alpha value is -0.810. The Labute approximate surface area is 116 Å². The highest BCUT2D eigenvalue weighted by atomic mass is 16.5. The predicted octanol–water partition coefficient (Wildman–Crippen LogP) is 0.813. The molecule has 2 aliphatic heterocycles. The molecular formula is C14H28N4O. The monoisotopic (exact) mass is 268 g/mol. The van der Waals surface area contributed by atoms with Crippen LogP contribution >= 0.6 is 0 Å². The van der Waals surface area contributed by atoms with Crippen molar-refractivity contribution in [2.45, 2.75) is 51.3 Å². The van der Waals surface area contributed by atoms with E-state index in [1.165, 1.54) is 0 Å². The molecule has 5 nitrogen and oxygen atoms in total. The molecule has 0 aromatic rings. The van der Waals surface area contributed by atoms with Gasteiger partial charge in [0.2, 0.25) is 0 Å². The van der Waals surface area contributed by atoms with Gasteiger partial charge < -0.3 is 15.4 Å². The summed E-state index contributed by atoms with van der Waals surface area (Å²) in [6.45, 7) is 10.8. The van der Waals surface area contributed by atoms with Gasteiger partial charge in [0.25, 0.3) is 0 Å². The summed E-state index contributed by atoms with van der Waals surface area (Å²) in [7, 11) is 1.82.